The van der Waals surface area contributed by atoms with Gasteiger partial charge in [0.1, 0.15) is 18.4 Å². The molecule has 2 rings (SSSR count). The maximum Gasteiger partial charge on any atom is 0.406 e. The Kier molecular flexibility index (Phi) is 9.05. The number of nitrogens with zero attached hydrogens (tertiary/aromatic N) is 3. The lowest BCUT2D eigenvalue weighted by Gasteiger charge is -2.32. The quantitative estimate of drug-likeness (QED) is 0.845. The zero-order valence-electron chi connectivity index (χ0n) is 13.2. The van der Waals surface area contributed by atoms with E-state index in [9.17, 15) is 18.0 Å². The number of carbonyl (C=O) groups is 1. The van der Waals surface area contributed by atoms with E-state index < -0.39 is 18.8 Å². The van der Waals surface area contributed by atoms with Gasteiger partial charge in [-0.2, -0.15) is 13.2 Å². The van der Waals surface area contributed by atoms with Crippen molar-refractivity contribution in [3.63, 3.8) is 0 Å². The molecule has 2 atom stereocenters. The monoisotopic (exact) mass is 392 g/mol. The van der Waals surface area contributed by atoms with Crippen molar-refractivity contribution in [1.29, 1.82) is 0 Å². The number of halogens is 5. The van der Waals surface area contributed by atoms with Gasteiger partial charge in [0.25, 0.3) is 0 Å². The van der Waals surface area contributed by atoms with Crippen molar-refractivity contribution in [3.05, 3.63) is 18.2 Å². The van der Waals surface area contributed by atoms with Crippen LogP contribution in [0.15, 0.2) is 12.4 Å². The number of rotatable bonds is 4. The van der Waals surface area contributed by atoms with Crippen molar-refractivity contribution in [1.82, 2.24) is 19.8 Å². The van der Waals surface area contributed by atoms with Crippen LogP contribution in [0.3, 0.4) is 0 Å². The zero-order chi connectivity index (χ0) is 16.3. The summed E-state index contributed by atoms with van der Waals surface area (Å²) in [6, 6.07) is -0.496. The molecule has 1 fully saturated rings. The van der Waals surface area contributed by atoms with Gasteiger partial charge in [-0.05, 0) is 6.92 Å². The first-order valence-corrected chi connectivity index (χ1v) is 6.94. The normalized spacial score (nSPS) is 20.7. The highest BCUT2D eigenvalue weighted by molar-refractivity contribution is 5.85. The number of alkyl halides is 3. The van der Waals surface area contributed by atoms with Gasteiger partial charge in [0.2, 0.25) is 5.91 Å². The largest absolute Gasteiger partial charge is 0.406 e. The number of morpholine rings is 1. The van der Waals surface area contributed by atoms with Gasteiger partial charge in [0.15, 0.2) is 0 Å². The van der Waals surface area contributed by atoms with Gasteiger partial charge in [-0.3, -0.25) is 4.79 Å². The van der Waals surface area contributed by atoms with Gasteiger partial charge in [-0.1, -0.05) is 0 Å². The average molecular weight is 393 g/mol. The predicted molar refractivity (Wildman–Crippen MR) is 86.5 cm³/mol. The van der Waals surface area contributed by atoms with Crippen LogP contribution in [-0.2, 0) is 22.6 Å². The highest BCUT2D eigenvalue weighted by atomic mass is 35.5. The molecule has 1 aromatic rings. The number of aromatic nitrogens is 2. The Hall–Kier alpha value is -1.03. The van der Waals surface area contributed by atoms with Crippen LogP contribution in [0.4, 0.5) is 13.2 Å². The fourth-order valence-electron chi connectivity index (χ4n) is 2.37. The Morgan fingerprint density at radius 3 is 2.75 bits per heavy atom. The molecule has 0 radical (unpaired) electrons. The number of likely N-dealkylation sites (N-methyl/N-ethyl adjacent to an activating group) is 1. The number of amides is 1. The molecule has 140 valence electrons. The Morgan fingerprint density at radius 1 is 1.50 bits per heavy atom. The fourth-order valence-corrected chi connectivity index (χ4v) is 2.37. The van der Waals surface area contributed by atoms with Gasteiger partial charge in [0, 0.05) is 26.0 Å². The zero-order valence-corrected chi connectivity index (χ0v) is 14.9. The first kappa shape index (κ1) is 23.0. The highest BCUT2D eigenvalue weighted by Crippen LogP contribution is 2.19. The lowest BCUT2D eigenvalue weighted by Crippen LogP contribution is -2.55. The third-order valence-electron chi connectivity index (χ3n) is 3.49. The van der Waals surface area contributed by atoms with Crippen molar-refractivity contribution < 1.29 is 22.7 Å². The van der Waals surface area contributed by atoms with E-state index in [1.807, 2.05) is 0 Å². The molecule has 1 aromatic heterocycles. The summed E-state index contributed by atoms with van der Waals surface area (Å²) in [7, 11) is 1.54. The lowest BCUT2D eigenvalue weighted by atomic mass is 10.1. The van der Waals surface area contributed by atoms with Gasteiger partial charge >= 0.3 is 6.18 Å². The molecule has 1 N–H and O–H groups in total. The molecule has 1 saturated heterocycles. The molecule has 1 aliphatic rings. The molecule has 0 aliphatic carbocycles. The van der Waals surface area contributed by atoms with E-state index in [4.69, 9.17) is 4.74 Å². The van der Waals surface area contributed by atoms with E-state index in [1.54, 1.807) is 6.92 Å². The first-order chi connectivity index (χ1) is 10.3. The molecule has 0 bridgehead atoms. The first-order valence-electron chi connectivity index (χ1n) is 6.94. The van der Waals surface area contributed by atoms with E-state index in [2.05, 4.69) is 10.3 Å². The molecule has 1 amide bonds. The number of hydrogen-bond acceptors (Lipinski definition) is 4. The predicted octanol–water partition coefficient (Wildman–Crippen LogP) is 1.62. The molecule has 2 heterocycles. The molecule has 24 heavy (non-hydrogen) atoms. The standard InChI is InChI=1S/C13H19F3N4O2.2ClH/c1-9-11(18-4-6-22-9)12(21)19(2)7-10-17-3-5-20(10)8-13(14,15)16;;/h3,5,9,11,18H,4,6-8H2,1-2H3;2*1H/t9-,11+;;/m1../s1. The van der Waals surface area contributed by atoms with Crippen LogP contribution >= 0.6 is 24.8 Å². The van der Waals surface area contributed by atoms with Crippen molar-refractivity contribution in [2.75, 3.05) is 20.2 Å². The summed E-state index contributed by atoms with van der Waals surface area (Å²) in [4.78, 5) is 17.6. The Balaban J connectivity index is 0.00000264. The number of imidazole rings is 1. The maximum atomic E-state index is 12.5. The van der Waals surface area contributed by atoms with Crippen LogP contribution in [0.5, 0.6) is 0 Å². The Morgan fingerprint density at radius 2 is 2.17 bits per heavy atom. The smallest absolute Gasteiger partial charge is 0.375 e. The maximum absolute atomic E-state index is 12.5. The summed E-state index contributed by atoms with van der Waals surface area (Å²) in [5, 5.41) is 3.06. The van der Waals surface area contributed by atoms with Crippen molar-refractivity contribution in [2.24, 2.45) is 0 Å². The Labute approximate surface area is 150 Å². The fraction of sp³-hybridized carbons (Fsp3) is 0.692. The molecular weight excluding hydrogens is 372 g/mol. The molecule has 0 unspecified atom stereocenters. The lowest BCUT2D eigenvalue weighted by molar-refractivity contribution is -0.141. The van der Waals surface area contributed by atoms with Crippen LogP contribution in [0.25, 0.3) is 0 Å². The van der Waals surface area contributed by atoms with E-state index in [0.29, 0.717) is 13.2 Å². The van der Waals surface area contributed by atoms with Gasteiger partial charge < -0.3 is 19.5 Å². The SMILES string of the molecule is C[C@H]1OCCN[C@@H]1C(=O)N(C)Cc1nccn1CC(F)(F)F.Cl.Cl. The number of hydrogen-bond donors (Lipinski definition) is 1. The molecule has 11 heteroatoms. The van der Waals surface area contributed by atoms with Gasteiger partial charge in [0.05, 0.1) is 19.3 Å². The minimum absolute atomic E-state index is 0. The second kappa shape index (κ2) is 9.45. The summed E-state index contributed by atoms with van der Waals surface area (Å²) in [6.45, 7) is 1.77. The van der Waals surface area contributed by atoms with Gasteiger partial charge in [-0.25, -0.2) is 4.98 Å². The molecular formula is C13H21Cl2F3N4O2. The second-order valence-corrected chi connectivity index (χ2v) is 5.29. The molecule has 0 aromatic carbocycles. The van der Waals surface area contributed by atoms with Crippen LogP contribution in [0.2, 0.25) is 0 Å². The van der Waals surface area contributed by atoms with Crippen molar-refractivity contribution >= 4 is 30.7 Å². The topological polar surface area (TPSA) is 59.4 Å². The summed E-state index contributed by atoms with van der Waals surface area (Å²) in [6.07, 6.45) is -2.06. The molecule has 0 saturated carbocycles. The molecule has 6 nitrogen and oxygen atoms in total. The molecule has 0 spiro atoms. The second-order valence-electron chi connectivity index (χ2n) is 5.29. The summed E-state index contributed by atoms with van der Waals surface area (Å²) in [5.74, 6) is -0.0358. The number of carbonyl (C=O) groups excluding carboxylic acids is 1. The van der Waals surface area contributed by atoms with Crippen LogP contribution < -0.4 is 5.32 Å². The third kappa shape index (κ3) is 6.12. The minimum atomic E-state index is -4.33. The van der Waals surface area contributed by atoms with Crippen LogP contribution in [0, 0.1) is 0 Å². The summed E-state index contributed by atoms with van der Waals surface area (Å²) >= 11 is 0. The third-order valence-corrected chi connectivity index (χ3v) is 3.49. The van der Waals surface area contributed by atoms with E-state index in [1.165, 1.54) is 24.3 Å². The van der Waals surface area contributed by atoms with E-state index >= 15 is 0 Å². The average Bonchev–Trinajstić information content (AvgIpc) is 2.83. The van der Waals surface area contributed by atoms with E-state index in [-0.39, 0.29) is 49.2 Å². The molecule has 1 aliphatic heterocycles. The van der Waals surface area contributed by atoms with Crippen molar-refractivity contribution in [2.45, 2.75) is 38.3 Å². The Bertz CT molecular complexity index is 528. The highest BCUT2D eigenvalue weighted by Gasteiger charge is 2.32. The minimum Gasteiger partial charge on any atom is -0.375 e. The van der Waals surface area contributed by atoms with Crippen LogP contribution in [-0.4, -0.2) is 58.9 Å². The van der Waals surface area contributed by atoms with Gasteiger partial charge in [-0.15, -0.1) is 24.8 Å². The number of nitrogens with one attached hydrogen (secondary N) is 1. The van der Waals surface area contributed by atoms with E-state index in [0.717, 1.165) is 4.57 Å². The number of ether oxygens (including phenoxy) is 1. The van der Waals surface area contributed by atoms with Crippen LogP contribution in [0.1, 0.15) is 12.7 Å². The van der Waals surface area contributed by atoms with Crippen molar-refractivity contribution in [3.8, 4) is 0 Å². The summed E-state index contributed by atoms with van der Waals surface area (Å²) in [5.41, 5.74) is 0. The summed E-state index contributed by atoms with van der Waals surface area (Å²) < 4.78 is 43.8.